The maximum absolute atomic E-state index is 11.4. The van der Waals surface area contributed by atoms with E-state index in [9.17, 15) is 14.4 Å². The van der Waals surface area contributed by atoms with Crippen molar-refractivity contribution in [2.45, 2.75) is 40.0 Å². The molecule has 0 aliphatic rings. The van der Waals surface area contributed by atoms with Crippen LogP contribution < -0.4 is 17.5 Å². The number of unbranched alkanes of at least 4 members (excludes halogenated alkanes) is 1. The summed E-state index contributed by atoms with van der Waals surface area (Å²) in [7, 11) is 0. The molecule has 0 aromatic rings. The second kappa shape index (κ2) is 10.9. The molecule has 3 amide bonds. The van der Waals surface area contributed by atoms with Crippen LogP contribution in [0.1, 0.15) is 40.0 Å². The van der Waals surface area contributed by atoms with Crippen LogP contribution >= 0.6 is 0 Å². The molecule has 0 saturated carbocycles. The van der Waals surface area contributed by atoms with Gasteiger partial charge in [-0.15, -0.1) is 0 Å². The fraction of sp³-hybridized carbons (Fsp3) is 0.769. The van der Waals surface area contributed by atoms with E-state index < -0.39 is 0 Å². The fourth-order valence-electron chi connectivity index (χ4n) is 1.84. The first-order valence-corrected chi connectivity index (χ1v) is 7.52. The summed E-state index contributed by atoms with van der Waals surface area (Å²) in [6.07, 6.45) is 1.98. The van der Waals surface area contributed by atoms with Crippen molar-refractivity contribution in [3.63, 3.8) is 0 Å². The molecule has 23 heavy (non-hydrogen) atoms. The molecular formula is C13H29N7O3. The molecule has 0 saturated heterocycles. The lowest BCUT2D eigenvalue weighted by Gasteiger charge is -2.31. The van der Waals surface area contributed by atoms with Gasteiger partial charge in [0.25, 0.3) is 0 Å². The number of amides is 3. The molecule has 6 N–H and O–H groups in total. The SMILES string of the molecule is CC(=O)N(N)CCCCN(CCCN(N)C(C)=O)N(N)C(C)=O. The van der Waals surface area contributed by atoms with Gasteiger partial charge in [-0.05, 0) is 19.3 Å². The minimum Gasteiger partial charge on any atom is -0.281 e. The van der Waals surface area contributed by atoms with Gasteiger partial charge in [-0.2, -0.15) is 0 Å². The largest absolute Gasteiger partial charge is 0.281 e. The maximum Gasteiger partial charge on any atom is 0.248 e. The van der Waals surface area contributed by atoms with Crippen molar-refractivity contribution in [2.24, 2.45) is 17.5 Å². The molecule has 0 rings (SSSR count). The predicted molar refractivity (Wildman–Crippen MR) is 85.3 cm³/mol. The standard InChI is InChI=1S/C13H29N7O3/c1-11(21)18(14)9-5-4-7-17(20(16)13(3)23)8-6-10-19(15)12(2)22/h4-10,14-16H2,1-3H3. The highest BCUT2D eigenvalue weighted by Gasteiger charge is 2.15. The molecule has 0 fully saturated rings. The van der Waals surface area contributed by atoms with Gasteiger partial charge < -0.3 is 0 Å². The van der Waals surface area contributed by atoms with Crippen LogP contribution in [0.25, 0.3) is 0 Å². The van der Waals surface area contributed by atoms with Gasteiger partial charge in [-0.1, -0.05) is 0 Å². The summed E-state index contributed by atoms with van der Waals surface area (Å²) in [5, 5.41) is 5.01. The Bertz CT molecular complexity index is 405. The highest BCUT2D eigenvalue weighted by molar-refractivity contribution is 5.72. The first kappa shape index (κ1) is 21.2. The van der Waals surface area contributed by atoms with Crippen molar-refractivity contribution in [2.75, 3.05) is 26.2 Å². The summed E-state index contributed by atoms with van der Waals surface area (Å²) in [5.41, 5.74) is 0. The van der Waals surface area contributed by atoms with Crippen LogP contribution in [0.2, 0.25) is 0 Å². The lowest BCUT2D eigenvalue weighted by molar-refractivity contribution is -0.148. The van der Waals surface area contributed by atoms with Gasteiger partial charge in [-0.3, -0.25) is 24.4 Å². The molecule has 0 radical (unpaired) electrons. The van der Waals surface area contributed by atoms with E-state index in [1.807, 2.05) is 0 Å². The Morgan fingerprint density at radius 1 is 0.652 bits per heavy atom. The van der Waals surface area contributed by atoms with Gasteiger partial charge in [0.15, 0.2) is 0 Å². The topological polar surface area (TPSA) is 142 Å². The molecule has 0 aromatic carbocycles. The molecule has 0 bridgehead atoms. The highest BCUT2D eigenvalue weighted by Crippen LogP contribution is 2.01. The third-order valence-corrected chi connectivity index (χ3v) is 3.32. The molecule has 0 heterocycles. The maximum atomic E-state index is 11.4. The normalized spacial score (nSPS) is 10.6. The predicted octanol–water partition coefficient (Wildman–Crippen LogP) is -1.46. The lowest BCUT2D eigenvalue weighted by atomic mass is 10.3. The Labute approximate surface area is 137 Å². The van der Waals surface area contributed by atoms with E-state index in [1.54, 1.807) is 5.01 Å². The number of carbonyl (C=O) groups is 3. The van der Waals surface area contributed by atoms with Crippen LogP contribution in [0, 0.1) is 0 Å². The van der Waals surface area contributed by atoms with Gasteiger partial charge >= 0.3 is 0 Å². The quantitative estimate of drug-likeness (QED) is 0.192. The summed E-state index contributed by atoms with van der Waals surface area (Å²) < 4.78 is 0. The van der Waals surface area contributed by atoms with Gasteiger partial charge in [0, 0.05) is 47.0 Å². The second-order valence-electron chi connectivity index (χ2n) is 5.30. The zero-order chi connectivity index (χ0) is 18.0. The van der Waals surface area contributed by atoms with Crippen molar-refractivity contribution >= 4 is 17.7 Å². The molecule has 10 heteroatoms. The van der Waals surface area contributed by atoms with Crippen molar-refractivity contribution in [3.8, 4) is 0 Å². The molecule has 0 aliphatic heterocycles. The van der Waals surface area contributed by atoms with Crippen LogP contribution in [-0.2, 0) is 14.4 Å². The lowest BCUT2D eigenvalue weighted by Crippen LogP contribution is -2.51. The smallest absolute Gasteiger partial charge is 0.248 e. The number of rotatable bonds is 10. The van der Waals surface area contributed by atoms with Crippen molar-refractivity contribution in [1.29, 1.82) is 0 Å². The highest BCUT2D eigenvalue weighted by atomic mass is 16.2. The number of hydrogen-bond acceptors (Lipinski definition) is 7. The van der Waals surface area contributed by atoms with Crippen LogP contribution in [0.4, 0.5) is 0 Å². The van der Waals surface area contributed by atoms with Gasteiger partial charge in [0.05, 0.1) is 0 Å². The zero-order valence-corrected chi connectivity index (χ0v) is 14.2. The summed E-state index contributed by atoms with van der Waals surface area (Å²) >= 11 is 0. The van der Waals surface area contributed by atoms with Crippen LogP contribution in [-0.4, -0.2) is 64.0 Å². The summed E-state index contributed by atoms with van der Waals surface area (Å²) in [4.78, 5) is 33.5. The van der Waals surface area contributed by atoms with Gasteiger partial charge in [-0.25, -0.2) is 27.7 Å². The minimum atomic E-state index is -0.287. The number of nitrogens with zero attached hydrogens (tertiary/aromatic N) is 4. The van der Waals surface area contributed by atoms with Crippen LogP contribution in [0.5, 0.6) is 0 Å². The average Bonchev–Trinajstić information content (AvgIpc) is 2.47. The van der Waals surface area contributed by atoms with E-state index in [4.69, 9.17) is 17.5 Å². The first-order valence-electron chi connectivity index (χ1n) is 7.52. The van der Waals surface area contributed by atoms with E-state index in [2.05, 4.69) is 0 Å². The minimum absolute atomic E-state index is 0.196. The van der Waals surface area contributed by atoms with E-state index in [0.29, 0.717) is 45.4 Å². The Morgan fingerprint density at radius 2 is 1.04 bits per heavy atom. The van der Waals surface area contributed by atoms with Crippen molar-refractivity contribution < 1.29 is 14.4 Å². The van der Waals surface area contributed by atoms with Gasteiger partial charge in [0.1, 0.15) is 0 Å². The molecule has 0 spiro atoms. The Kier molecular flexibility index (Phi) is 10.1. The number of nitrogens with two attached hydrogens (primary N) is 3. The zero-order valence-electron chi connectivity index (χ0n) is 14.2. The second-order valence-corrected chi connectivity index (χ2v) is 5.30. The van der Waals surface area contributed by atoms with E-state index in [1.165, 1.54) is 20.8 Å². The molecule has 134 valence electrons. The van der Waals surface area contributed by atoms with E-state index in [0.717, 1.165) is 15.1 Å². The Morgan fingerprint density at radius 3 is 1.48 bits per heavy atom. The third kappa shape index (κ3) is 9.08. The molecule has 0 atom stereocenters. The molecule has 0 unspecified atom stereocenters. The third-order valence-electron chi connectivity index (χ3n) is 3.32. The Hall–Kier alpha value is -1.75. The van der Waals surface area contributed by atoms with Crippen molar-refractivity contribution in [3.05, 3.63) is 0 Å². The average molecular weight is 331 g/mol. The van der Waals surface area contributed by atoms with Crippen LogP contribution in [0.15, 0.2) is 0 Å². The molecular weight excluding hydrogens is 302 g/mol. The van der Waals surface area contributed by atoms with Gasteiger partial charge in [0.2, 0.25) is 17.7 Å². The fourth-order valence-corrected chi connectivity index (χ4v) is 1.84. The number of hydrogen-bond donors (Lipinski definition) is 3. The van der Waals surface area contributed by atoms with Crippen LogP contribution in [0.3, 0.4) is 0 Å². The molecule has 0 aromatic heterocycles. The Balaban J connectivity index is 4.28. The number of hydrazine groups is 4. The van der Waals surface area contributed by atoms with E-state index >= 15 is 0 Å². The van der Waals surface area contributed by atoms with E-state index in [-0.39, 0.29) is 17.7 Å². The molecule has 0 aliphatic carbocycles. The summed E-state index contributed by atoms with van der Waals surface area (Å²) in [6.45, 7) is 5.98. The monoisotopic (exact) mass is 331 g/mol. The first-order chi connectivity index (χ1) is 10.7. The number of carbonyl (C=O) groups excluding carboxylic acids is 3. The van der Waals surface area contributed by atoms with Crippen molar-refractivity contribution in [1.82, 2.24) is 20.1 Å². The molecule has 10 nitrogen and oxygen atoms in total. The summed E-state index contributed by atoms with van der Waals surface area (Å²) in [5.74, 6) is 16.1. The summed E-state index contributed by atoms with van der Waals surface area (Å²) in [6, 6.07) is 0.